The molecule has 0 radical (unpaired) electrons. The number of carbonyl (C=O) groups excluding carboxylic acids is 1. The minimum Gasteiger partial charge on any atom is -0.508 e. The maximum Gasteiger partial charge on any atom is 0.412 e. The molecule has 1 fully saturated rings. The highest BCUT2D eigenvalue weighted by molar-refractivity contribution is 7.22. The van der Waals surface area contributed by atoms with Crippen molar-refractivity contribution in [3.63, 3.8) is 0 Å². The fourth-order valence-corrected chi connectivity index (χ4v) is 6.66. The lowest BCUT2D eigenvalue weighted by molar-refractivity contribution is 0.200. The maximum atomic E-state index is 12.1. The fourth-order valence-electron chi connectivity index (χ4n) is 5.39. The molecule has 1 atom stereocenters. The first-order chi connectivity index (χ1) is 19.5. The second kappa shape index (κ2) is 13.2. The highest BCUT2D eigenvalue weighted by Gasteiger charge is 2.21. The van der Waals surface area contributed by atoms with Gasteiger partial charge in [0.2, 0.25) is 0 Å². The number of phenolic OH excluding ortho intramolecular Hbond substituents is 1. The quantitative estimate of drug-likeness (QED) is 0.253. The number of nitrogens with zero attached hydrogens (tertiary/aromatic N) is 1. The third kappa shape index (κ3) is 6.77. The molecule has 3 aromatic rings. The van der Waals surface area contributed by atoms with Crippen LogP contribution in [0.15, 0.2) is 78.1 Å². The Bertz CT molecular complexity index is 1410. The van der Waals surface area contributed by atoms with Crippen LogP contribution >= 0.6 is 11.3 Å². The van der Waals surface area contributed by atoms with Crippen molar-refractivity contribution < 1.29 is 19.4 Å². The summed E-state index contributed by atoms with van der Waals surface area (Å²) >= 11 is 1.67. The van der Waals surface area contributed by atoms with E-state index in [4.69, 9.17) is 9.47 Å². The van der Waals surface area contributed by atoms with Crippen molar-refractivity contribution in [1.29, 1.82) is 0 Å². The van der Waals surface area contributed by atoms with Crippen LogP contribution in [0.4, 0.5) is 4.79 Å². The van der Waals surface area contributed by atoms with Crippen molar-refractivity contribution in [3.8, 4) is 21.9 Å². The van der Waals surface area contributed by atoms with Crippen LogP contribution in [0.3, 0.4) is 0 Å². The highest BCUT2D eigenvalue weighted by Crippen LogP contribution is 2.42. The molecule has 1 aliphatic heterocycles. The molecular formula is C33H38N2O4S. The lowest BCUT2D eigenvalue weighted by Crippen LogP contribution is -2.27. The lowest BCUT2D eigenvalue weighted by Gasteiger charge is -2.19. The number of thiophene rings is 1. The molecule has 1 aromatic heterocycles. The maximum absolute atomic E-state index is 12.1. The van der Waals surface area contributed by atoms with Crippen LogP contribution in [-0.4, -0.2) is 49.4 Å². The van der Waals surface area contributed by atoms with E-state index in [2.05, 4.69) is 41.4 Å². The van der Waals surface area contributed by atoms with Crippen LogP contribution in [0, 0.1) is 5.92 Å². The van der Waals surface area contributed by atoms with Gasteiger partial charge in [-0.1, -0.05) is 31.6 Å². The van der Waals surface area contributed by atoms with Crippen LogP contribution in [-0.2, 0) is 11.2 Å². The second-order valence-corrected chi connectivity index (χ2v) is 11.5. The zero-order chi connectivity index (χ0) is 27.9. The number of nitrogens with one attached hydrogen (secondary N) is 1. The largest absolute Gasteiger partial charge is 0.508 e. The molecule has 0 bridgehead atoms. The van der Waals surface area contributed by atoms with Gasteiger partial charge in [-0.2, -0.15) is 0 Å². The Morgan fingerprint density at radius 3 is 2.70 bits per heavy atom. The van der Waals surface area contributed by atoms with E-state index in [1.807, 2.05) is 36.4 Å². The van der Waals surface area contributed by atoms with E-state index in [1.165, 1.54) is 24.0 Å². The van der Waals surface area contributed by atoms with Crippen molar-refractivity contribution >= 4 is 27.5 Å². The fraction of sp³-hybridized carbons (Fsp3) is 0.364. The second-order valence-electron chi connectivity index (χ2n) is 10.4. The van der Waals surface area contributed by atoms with Gasteiger partial charge in [-0.15, -0.1) is 11.3 Å². The van der Waals surface area contributed by atoms with Crippen molar-refractivity contribution in [3.05, 3.63) is 83.7 Å². The van der Waals surface area contributed by atoms with Crippen molar-refractivity contribution in [2.45, 2.75) is 39.0 Å². The smallest absolute Gasteiger partial charge is 0.412 e. The minimum atomic E-state index is -0.433. The highest BCUT2D eigenvalue weighted by atomic mass is 32.1. The topological polar surface area (TPSA) is 71.0 Å². The van der Waals surface area contributed by atoms with Crippen LogP contribution in [0.1, 0.15) is 38.2 Å². The first-order valence-corrected chi connectivity index (χ1v) is 15.0. The molecule has 210 valence electrons. The Kier molecular flexibility index (Phi) is 9.24. The Morgan fingerprint density at radius 2 is 1.95 bits per heavy atom. The number of benzene rings is 2. The molecule has 1 amide bonds. The van der Waals surface area contributed by atoms with Gasteiger partial charge in [-0.05, 0) is 104 Å². The molecule has 1 unspecified atom stereocenters. The van der Waals surface area contributed by atoms with E-state index < -0.39 is 6.09 Å². The summed E-state index contributed by atoms with van der Waals surface area (Å²) in [6.45, 7) is 5.89. The predicted molar refractivity (Wildman–Crippen MR) is 163 cm³/mol. The SMILES string of the molecule is CCCCNC(=O)Oc1ccc(-c2sc3cc(O)ccc3c2CC2C=CC=C(CN3CCCC3)C(OC)=C2)cc1. The first kappa shape index (κ1) is 28.0. The number of likely N-dealkylation sites (tertiary alicyclic amines) is 1. The molecule has 6 nitrogen and oxygen atoms in total. The van der Waals surface area contributed by atoms with Gasteiger partial charge < -0.3 is 19.9 Å². The predicted octanol–water partition coefficient (Wildman–Crippen LogP) is 7.44. The number of unbranched alkanes of at least 4 members (excludes halogenated alkanes) is 1. The number of amides is 1. The number of methoxy groups -OCH3 is 1. The zero-order valence-electron chi connectivity index (χ0n) is 23.3. The number of allylic oxidation sites excluding steroid dienone is 4. The average Bonchev–Trinajstić information content (AvgIpc) is 3.54. The Labute approximate surface area is 240 Å². The summed E-state index contributed by atoms with van der Waals surface area (Å²) in [6.07, 6.45) is 13.7. The standard InChI is InChI=1S/C33H38N2O4S/c1-3-4-16-34-33(37)39-27-13-10-24(11-14-27)32-29(28-15-12-26(36)21-31(28)40-32)19-23-8-7-9-25(30(20-23)38-2)22-35-17-5-6-18-35/h7-15,20-21,23,36H,3-6,16-19,22H2,1-2H3,(H,34,37). The number of aromatic hydroxyl groups is 1. The van der Waals surface area contributed by atoms with Gasteiger partial charge >= 0.3 is 6.09 Å². The van der Waals surface area contributed by atoms with Crippen LogP contribution in [0.25, 0.3) is 20.5 Å². The monoisotopic (exact) mass is 558 g/mol. The molecule has 2 aliphatic rings. The summed E-state index contributed by atoms with van der Waals surface area (Å²) in [6, 6.07) is 13.3. The summed E-state index contributed by atoms with van der Waals surface area (Å²) in [7, 11) is 1.76. The number of carbonyl (C=O) groups is 1. The van der Waals surface area contributed by atoms with E-state index in [-0.39, 0.29) is 11.7 Å². The molecule has 0 spiro atoms. The van der Waals surface area contributed by atoms with Gasteiger partial charge in [0, 0.05) is 34.2 Å². The first-order valence-electron chi connectivity index (χ1n) is 14.2. The van der Waals surface area contributed by atoms with Gasteiger partial charge in [0.1, 0.15) is 17.3 Å². The molecule has 2 N–H and O–H groups in total. The van der Waals surface area contributed by atoms with E-state index >= 15 is 0 Å². The Balaban J connectivity index is 1.39. The Morgan fingerprint density at radius 1 is 1.15 bits per heavy atom. The molecule has 7 heteroatoms. The van der Waals surface area contributed by atoms with Crippen molar-refractivity contribution in [1.82, 2.24) is 10.2 Å². The van der Waals surface area contributed by atoms with Gasteiger partial charge in [0.05, 0.1) is 7.11 Å². The van der Waals surface area contributed by atoms with Gasteiger partial charge in [0.15, 0.2) is 0 Å². The summed E-state index contributed by atoms with van der Waals surface area (Å²) in [5.41, 5.74) is 3.50. The molecule has 1 saturated heterocycles. The summed E-state index contributed by atoms with van der Waals surface area (Å²) in [5.74, 6) is 1.87. The molecule has 2 aromatic carbocycles. The van der Waals surface area contributed by atoms with E-state index in [0.29, 0.717) is 12.3 Å². The molecule has 40 heavy (non-hydrogen) atoms. The molecule has 5 rings (SSSR count). The number of ether oxygens (including phenoxy) is 2. The lowest BCUT2D eigenvalue weighted by atomic mass is 9.94. The number of rotatable bonds is 10. The Hall–Kier alpha value is -3.55. The zero-order valence-corrected chi connectivity index (χ0v) is 24.1. The number of hydrogen-bond acceptors (Lipinski definition) is 6. The van der Waals surface area contributed by atoms with Gasteiger partial charge in [-0.3, -0.25) is 4.90 Å². The van der Waals surface area contributed by atoms with E-state index in [9.17, 15) is 9.90 Å². The third-order valence-electron chi connectivity index (χ3n) is 7.49. The van der Waals surface area contributed by atoms with Crippen LogP contribution in [0.5, 0.6) is 11.5 Å². The number of fused-ring (bicyclic) bond motifs is 1. The van der Waals surface area contributed by atoms with E-state index in [1.54, 1.807) is 24.5 Å². The molecule has 2 heterocycles. The average molecular weight is 559 g/mol. The van der Waals surface area contributed by atoms with Gasteiger partial charge in [0.25, 0.3) is 0 Å². The minimum absolute atomic E-state index is 0.155. The van der Waals surface area contributed by atoms with Crippen LogP contribution in [0.2, 0.25) is 0 Å². The molecule has 1 aliphatic carbocycles. The third-order valence-corrected chi connectivity index (χ3v) is 8.74. The van der Waals surface area contributed by atoms with Gasteiger partial charge in [-0.25, -0.2) is 4.79 Å². The molecule has 0 saturated carbocycles. The van der Waals surface area contributed by atoms with Crippen molar-refractivity contribution in [2.24, 2.45) is 5.92 Å². The number of phenols is 1. The van der Waals surface area contributed by atoms with E-state index in [0.717, 1.165) is 65.2 Å². The summed E-state index contributed by atoms with van der Waals surface area (Å²) < 4.78 is 12.4. The van der Waals surface area contributed by atoms with Crippen LogP contribution < -0.4 is 10.1 Å². The summed E-state index contributed by atoms with van der Waals surface area (Å²) in [5, 5.41) is 14.1. The number of hydrogen-bond donors (Lipinski definition) is 2. The molecular weight excluding hydrogens is 520 g/mol. The van der Waals surface area contributed by atoms with Crippen molar-refractivity contribution in [2.75, 3.05) is 33.3 Å². The normalized spacial score (nSPS) is 17.4. The summed E-state index contributed by atoms with van der Waals surface area (Å²) in [4.78, 5) is 15.7.